The molecular formula is C19H25NO4. The molecule has 3 rings (SSSR count). The van der Waals surface area contributed by atoms with Crippen molar-refractivity contribution < 1.29 is 19.0 Å². The molecule has 5 heteroatoms. The maximum absolute atomic E-state index is 12.5. The number of ether oxygens (including phenoxy) is 3. The number of nitrogens with zero attached hydrogens (tertiary/aromatic N) is 1. The van der Waals surface area contributed by atoms with Crippen molar-refractivity contribution in [3.05, 3.63) is 35.9 Å². The predicted octanol–water partition coefficient (Wildman–Crippen LogP) is 2.71. The third-order valence-corrected chi connectivity index (χ3v) is 4.43. The quantitative estimate of drug-likeness (QED) is 0.779. The van der Waals surface area contributed by atoms with Crippen LogP contribution in [0.2, 0.25) is 0 Å². The lowest BCUT2D eigenvalue weighted by atomic mass is 9.97. The van der Waals surface area contributed by atoms with Gasteiger partial charge in [-0.15, -0.1) is 0 Å². The van der Waals surface area contributed by atoms with Gasteiger partial charge in [-0.25, -0.2) is 0 Å². The number of amides is 1. The van der Waals surface area contributed by atoms with E-state index in [1.54, 1.807) is 6.08 Å². The molecule has 0 aliphatic carbocycles. The molecule has 2 saturated heterocycles. The van der Waals surface area contributed by atoms with Gasteiger partial charge in [0, 0.05) is 30.6 Å². The summed E-state index contributed by atoms with van der Waals surface area (Å²) in [6.07, 6.45) is 5.35. The molecule has 2 fully saturated rings. The van der Waals surface area contributed by atoms with E-state index in [-0.39, 0.29) is 18.1 Å². The summed E-state index contributed by atoms with van der Waals surface area (Å²) in [6, 6.07) is 7.74. The molecule has 0 saturated carbocycles. The van der Waals surface area contributed by atoms with E-state index in [0.717, 1.165) is 30.7 Å². The predicted molar refractivity (Wildman–Crippen MR) is 91.6 cm³/mol. The van der Waals surface area contributed by atoms with Crippen molar-refractivity contribution >= 4 is 12.0 Å². The standard InChI is InChI=1S/C19H25NO4/c1-2-22-17-8-4-3-6-15(17)9-10-18(21)20-11-5-7-16(14-20)19-23-12-13-24-19/h3-4,6,8-10,16,19H,2,5,7,11-14H2,1H3/b10-9+. The summed E-state index contributed by atoms with van der Waals surface area (Å²) in [7, 11) is 0. The average molecular weight is 331 g/mol. The molecule has 0 aromatic heterocycles. The minimum atomic E-state index is -0.150. The van der Waals surface area contributed by atoms with Crippen molar-refractivity contribution in [3.8, 4) is 5.75 Å². The summed E-state index contributed by atoms with van der Waals surface area (Å²) in [5.41, 5.74) is 0.920. The Morgan fingerprint density at radius 3 is 2.92 bits per heavy atom. The van der Waals surface area contributed by atoms with E-state index < -0.39 is 0 Å². The van der Waals surface area contributed by atoms with Crippen LogP contribution in [0.4, 0.5) is 0 Å². The van der Waals surface area contributed by atoms with Crippen LogP contribution in [0.1, 0.15) is 25.3 Å². The number of para-hydroxylation sites is 1. The molecule has 5 nitrogen and oxygen atoms in total. The fraction of sp³-hybridized carbons (Fsp3) is 0.526. The Kier molecular flexibility index (Phi) is 5.88. The van der Waals surface area contributed by atoms with Gasteiger partial charge in [-0.2, -0.15) is 0 Å². The first-order valence-corrected chi connectivity index (χ1v) is 8.70. The van der Waals surface area contributed by atoms with Crippen molar-refractivity contribution in [2.75, 3.05) is 32.9 Å². The van der Waals surface area contributed by atoms with Gasteiger partial charge in [0.2, 0.25) is 5.91 Å². The van der Waals surface area contributed by atoms with E-state index in [2.05, 4.69) is 0 Å². The maximum atomic E-state index is 12.5. The van der Waals surface area contributed by atoms with E-state index in [1.807, 2.05) is 42.2 Å². The number of piperidine rings is 1. The molecule has 1 aromatic rings. The van der Waals surface area contributed by atoms with Gasteiger partial charge in [0.15, 0.2) is 6.29 Å². The lowest BCUT2D eigenvalue weighted by Gasteiger charge is -2.34. The zero-order chi connectivity index (χ0) is 16.8. The van der Waals surface area contributed by atoms with E-state index in [1.165, 1.54) is 0 Å². The summed E-state index contributed by atoms with van der Waals surface area (Å²) in [6.45, 7) is 5.35. The summed E-state index contributed by atoms with van der Waals surface area (Å²) in [5, 5.41) is 0. The second-order valence-electron chi connectivity index (χ2n) is 6.10. The van der Waals surface area contributed by atoms with Crippen LogP contribution in [0.3, 0.4) is 0 Å². The van der Waals surface area contributed by atoms with Gasteiger partial charge in [0.1, 0.15) is 5.75 Å². The van der Waals surface area contributed by atoms with Gasteiger partial charge in [-0.1, -0.05) is 18.2 Å². The zero-order valence-electron chi connectivity index (χ0n) is 14.1. The molecule has 2 heterocycles. The number of hydrogen-bond acceptors (Lipinski definition) is 4. The Labute approximate surface area is 143 Å². The first-order valence-electron chi connectivity index (χ1n) is 8.70. The molecular weight excluding hydrogens is 306 g/mol. The Hall–Kier alpha value is -1.85. The summed E-state index contributed by atoms with van der Waals surface area (Å²) in [4.78, 5) is 14.4. The Bertz CT molecular complexity index is 580. The average Bonchev–Trinajstić information content (AvgIpc) is 3.16. The molecule has 1 atom stereocenters. The Balaban J connectivity index is 1.61. The fourth-order valence-electron chi connectivity index (χ4n) is 3.25. The van der Waals surface area contributed by atoms with E-state index in [0.29, 0.717) is 26.4 Å². The van der Waals surface area contributed by atoms with Crippen LogP contribution in [0, 0.1) is 5.92 Å². The van der Waals surface area contributed by atoms with Crippen LogP contribution in [0.25, 0.3) is 6.08 Å². The molecule has 1 unspecified atom stereocenters. The van der Waals surface area contributed by atoms with Crippen molar-refractivity contribution in [1.82, 2.24) is 4.90 Å². The third-order valence-electron chi connectivity index (χ3n) is 4.43. The highest BCUT2D eigenvalue weighted by Crippen LogP contribution is 2.25. The highest BCUT2D eigenvalue weighted by atomic mass is 16.7. The second kappa shape index (κ2) is 8.31. The smallest absolute Gasteiger partial charge is 0.246 e. The monoisotopic (exact) mass is 331 g/mol. The largest absolute Gasteiger partial charge is 0.493 e. The first-order chi connectivity index (χ1) is 11.8. The number of benzene rings is 1. The highest BCUT2D eigenvalue weighted by Gasteiger charge is 2.32. The molecule has 1 aromatic carbocycles. The summed E-state index contributed by atoms with van der Waals surface area (Å²) < 4.78 is 16.8. The van der Waals surface area contributed by atoms with Crippen LogP contribution in [0.5, 0.6) is 5.75 Å². The Morgan fingerprint density at radius 2 is 2.12 bits per heavy atom. The van der Waals surface area contributed by atoms with Gasteiger partial charge >= 0.3 is 0 Å². The molecule has 0 radical (unpaired) electrons. The molecule has 0 N–H and O–H groups in total. The normalized spacial score (nSPS) is 22.2. The summed E-state index contributed by atoms with van der Waals surface area (Å²) in [5.74, 6) is 1.10. The van der Waals surface area contributed by atoms with Crippen LogP contribution in [-0.2, 0) is 14.3 Å². The van der Waals surface area contributed by atoms with E-state index in [9.17, 15) is 4.79 Å². The molecule has 1 amide bonds. The van der Waals surface area contributed by atoms with E-state index in [4.69, 9.17) is 14.2 Å². The molecule has 0 bridgehead atoms. The molecule has 0 spiro atoms. The van der Waals surface area contributed by atoms with Crippen LogP contribution in [-0.4, -0.2) is 50.0 Å². The molecule has 2 aliphatic heterocycles. The molecule has 24 heavy (non-hydrogen) atoms. The van der Waals surface area contributed by atoms with Crippen molar-refractivity contribution in [1.29, 1.82) is 0 Å². The number of carbonyl (C=O) groups excluding carboxylic acids is 1. The van der Waals surface area contributed by atoms with E-state index >= 15 is 0 Å². The Morgan fingerprint density at radius 1 is 1.33 bits per heavy atom. The molecule has 2 aliphatic rings. The third kappa shape index (κ3) is 4.16. The first kappa shape index (κ1) is 17.0. The maximum Gasteiger partial charge on any atom is 0.246 e. The highest BCUT2D eigenvalue weighted by molar-refractivity contribution is 5.92. The van der Waals surface area contributed by atoms with Gasteiger partial charge in [-0.3, -0.25) is 4.79 Å². The van der Waals surface area contributed by atoms with Crippen LogP contribution < -0.4 is 4.74 Å². The van der Waals surface area contributed by atoms with Crippen molar-refractivity contribution in [3.63, 3.8) is 0 Å². The minimum absolute atomic E-state index is 0.0315. The zero-order valence-corrected chi connectivity index (χ0v) is 14.1. The fourth-order valence-corrected chi connectivity index (χ4v) is 3.25. The van der Waals surface area contributed by atoms with Gasteiger partial charge in [-0.05, 0) is 31.9 Å². The van der Waals surface area contributed by atoms with Gasteiger partial charge in [0.25, 0.3) is 0 Å². The number of rotatable bonds is 5. The number of hydrogen-bond donors (Lipinski definition) is 0. The van der Waals surface area contributed by atoms with Gasteiger partial charge < -0.3 is 19.1 Å². The molecule has 130 valence electrons. The SMILES string of the molecule is CCOc1ccccc1/C=C/C(=O)N1CCCC(C2OCCO2)C1. The lowest BCUT2D eigenvalue weighted by molar-refractivity contribution is -0.134. The van der Waals surface area contributed by atoms with Crippen LogP contribution >= 0.6 is 0 Å². The lowest BCUT2D eigenvalue weighted by Crippen LogP contribution is -2.43. The number of likely N-dealkylation sites (tertiary alicyclic amines) is 1. The van der Waals surface area contributed by atoms with Crippen molar-refractivity contribution in [2.45, 2.75) is 26.1 Å². The summed E-state index contributed by atoms with van der Waals surface area (Å²) >= 11 is 0. The topological polar surface area (TPSA) is 48.0 Å². The second-order valence-corrected chi connectivity index (χ2v) is 6.10. The van der Waals surface area contributed by atoms with Crippen LogP contribution in [0.15, 0.2) is 30.3 Å². The number of carbonyl (C=O) groups is 1. The minimum Gasteiger partial charge on any atom is -0.493 e. The van der Waals surface area contributed by atoms with Gasteiger partial charge in [0.05, 0.1) is 19.8 Å². The van der Waals surface area contributed by atoms with Crippen molar-refractivity contribution in [2.24, 2.45) is 5.92 Å².